The number of nitrogens with one attached hydrogen (secondary N) is 1. The second kappa shape index (κ2) is 9.17. The summed E-state index contributed by atoms with van der Waals surface area (Å²) in [5, 5.41) is 7.76. The molecule has 4 nitrogen and oxygen atoms in total. The van der Waals surface area contributed by atoms with Gasteiger partial charge in [0.2, 0.25) is 0 Å². The van der Waals surface area contributed by atoms with Crippen molar-refractivity contribution in [3.05, 3.63) is 76.0 Å². The molecule has 33 heavy (non-hydrogen) atoms. The monoisotopic (exact) mass is 441 g/mol. The first-order valence-corrected chi connectivity index (χ1v) is 12.6. The third-order valence-corrected chi connectivity index (χ3v) is 7.79. The highest BCUT2D eigenvalue weighted by atomic mass is 16.2. The molecule has 1 aliphatic carbocycles. The summed E-state index contributed by atoms with van der Waals surface area (Å²) in [5.41, 5.74) is 9.24. The third-order valence-electron chi connectivity index (χ3n) is 7.79. The highest BCUT2D eigenvalue weighted by Crippen LogP contribution is 2.42. The first-order valence-electron chi connectivity index (χ1n) is 12.6. The largest absolute Gasteiger partial charge is 0.339 e. The molecular weight excluding hydrogens is 406 g/mol. The Morgan fingerprint density at radius 2 is 1.73 bits per heavy atom. The third kappa shape index (κ3) is 4.36. The van der Waals surface area contributed by atoms with Gasteiger partial charge in [-0.2, -0.15) is 5.10 Å². The summed E-state index contributed by atoms with van der Waals surface area (Å²) in [4.78, 5) is 15.7. The first kappa shape index (κ1) is 21.9. The minimum Gasteiger partial charge on any atom is -0.339 e. The maximum atomic E-state index is 13.6. The van der Waals surface area contributed by atoms with Crippen LogP contribution in [0.15, 0.2) is 42.5 Å². The van der Waals surface area contributed by atoms with Gasteiger partial charge in [0, 0.05) is 29.9 Å². The summed E-state index contributed by atoms with van der Waals surface area (Å²) in [7, 11) is 0. The number of carbonyl (C=O) groups is 1. The fourth-order valence-electron chi connectivity index (χ4n) is 5.35. The predicted molar refractivity (Wildman–Crippen MR) is 134 cm³/mol. The van der Waals surface area contributed by atoms with Gasteiger partial charge in [-0.15, -0.1) is 0 Å². The number of amides is 1. The molecule has 3 aromatic rings. The standard InChI is InChI=1S/C29H35N3O/c1-4-24-17-28(31-30-24)27-18-25(20(3)16-26(27)23-6-5-7-23)29(33)32-14-12-22(13-15-32)21-10-8-19(2)9-11-21/h8-11,16-18,22-23H,4-7,12-15H2,1-3H3,(H,30,31). The number of aromatic nitrogens is 2. The van der Waals surface area contributed by atoms with E-state index in [1.165, 1.54) is 36.0 Å². The van der Waals surface area contributed by atoms with Crippen molar-refractivity contribution < 1.29 is 4.79 Å². The van der Waals surface area contributed by atoms with Gasteiger partial charge in [0.05, 0.1) is 5.69 Å². The smallest absolute Gasteiger partial charge is 0.254 e. The van der Waals surface area contributed by atoms with E-state index in [0.29, 0.717) is 11.8 Å². The Hall–Kier alpha value is -2.88. The van der Waals surface area contributed by atoms with E-state index in [0.717, 1.165) is 60.4 Å². The number of likely N-dealkylation sites (tertiary alicyclic amines) is 1. The highest BCUT2D eigenvalue weighted by Gasteiger charge is 2.29. The van der Waals surface area contributed by atoms with E-state index >= 15 is 0 Å². The average Bonchev–Trinajstić information content (AvgIpc) is 3.27. The molecule has 0 atom stereocenters. The van der Waals surface area contributed by atoms with Gasteiger partial charge < -0.3 is 4.90 Å². The lowest BCUT2D eigenvalue weighted by atomic mass is 9.76. The number of aromatic amines is 1. The minimum atomic E-state index is 0.169. The molecule has 1 saturated heterocycles. The van der Waals surface area contributed by atoms with E-state index in [1.54, 1.807) is 0 Å². The number of piperidine rings is 1. The molecule has 2 fully saturated rings. The number of hydrogen-bond donors (Lipinski definition) is 1. The summed E-state index contributed by atoms with van der Waals surface area (Å²) in [6.45, 7) is 8.00. The van der Waals surface area contributed by atoms with E-state index in [9.17, 15) is 4.79 Å². The Bertz CT molecular complexity index is 1130. The van der Waals surface area contributed by atoms with Gasteiger partial charge in [-0.25, -0.2) is 0 Å². The lowest BCUT2D eigenvalue weighted by molar-refractivity contribution is 0.0712. The van der Waals surface area contributed by atoms with Crippen LogP contribution in [0, 0.1) is 13.8 Å². The lowest BCUT2D eigenvalue weighted by Crippen LogP contribution is -2.38. The van der Waals surface area contributed by atoms with E-state index in [1.807, 2.05) is 0 Å². The number of H-pyrrole nitrogens is 1. The summed E-state index contributed by atoms with van der Waals surface area (Å²) in [6, 6.07) is 15.4. The van der Waals surface area contributed by atoms with Crippen molar-refractivity contribution in [2.24, 2.45) is 0 Å². The van der Waals surface area contributed by atoms with Crippen LogP contribution in [0.2, 0.25) is 0 Å². The van der Waals surface area contributed by atoms with Crippen molar-refractivity contribution in [1.29, 1.82) is 0 Å². The number of aryl methyl sites for hydroxylation is 3. The molecule has 5 rings (SSSR count). The van der Waals surface area contributed by atoms with E-state index in [4.69, 9.17) is 0 Å². The number of carbonyl (C=O) groups excluding carboxylic acids is 1. The maximum absolute atomic E-state index is 13.6. The molecule has 1 amide bonds. The molecule has 4 heteroatoms. The Labute approximate surface area is 197 Å². The number of rotatable bonds is 5. The zero-order valence-corrected chi connectivity index (χ0v) is 20.2. The van der Waals surface area contributed by atoms with Crippen molar-refractivity contribution in [3.63, 3.8) is 0 Å². The summed E-state index contributed by atoms with van der Waals surface area (Å²) >= 11 is 0. The van der Waals surface area contributed by atoms with E-state index in [2.05, 4.69) is 78.3 Å². The van der Waals surface area contributed by atoms with Crippen LogP contribution in [-0.4, -0.2) is 34.1 Å². The van der Waals surface area contributed by atoms with Gasteiger partial charge in [0.25, 0.3) is 5.91 Å². The van der Waals surface area contributed by atoms with Crippen LogP contribution in [0.5, 0.6) is 0 Å². The van der Waals surface area contributed by atoms with Gasteiger partial charge >= 0.3 is 0 Å². The molecule has 2 aliphatic rings. The fourth-order valence-corrected chi connectivity index (χ4v) is 5.35. The molecule has 0 bridgehead atoms. The van der Waals surface area contributed by atoms with E-state index in [-0.39, 0.29) is 5.91 Å². The second-order valence-corrected chi connectivity index (χ2v) is 9.99. The van der Waals surface area contributed by atoms with Crippen molar-refractivity contribution in [2.75, 3.05) is 13.1 Å². The predicted octanol–water partition coefficient (Wildman–Crippen LogP) is 6.54. The summed E-state index contributed by atoms with van der Waals surface area (Å²) in [5.74, 6) is 1.31. The Morgan fingerprint density at radius 1 is 1.00 bits per heavy atom. The molecule has 1 aliphatic heterocycles. The van der Waals surface area contributed by atoms with Gasteiger partial charge in [-0.1, -0.05) is 49.2 Å². The molecule has 1 saturated carbocycles. The number of benzene rings is 2. The lowest BCUT2D eigenvalue weighted by Gasteiger charge is -2.33. The fraction of sp³-hybridized carbons (Fsp3) is 0.448. The molecule has 172 valence electrons. The minimum absolute atomic E-state index is 0.169. The highest BCUT2D eigenvalue weighted by molar-refractivity contribution is 5.97. The zero-order valence-electron chi connectivity index (χ0n) is 20.2. The molecule has 1 N–H and O–H groups in total. The number of hydrogen-bond acceptors (Lipinski definition) is 2. The Kier molecular flexibility index (Phi) is 6.09. The molecular formula is C29H35N3O. The second-order valence-electron chi connectivity index (χ2n) is 9.99. The van der Waals surface area contributed by atoms with Crippen molar-refractivity contribution in [2.45, 2.75) is 71.1 Å². The van der Waals surface area contributed by atoms with Gasteiger partial charge in [0.1, 0.15) is 0 Å². The van der Waals surface area contributed by atoms with E-state index < -0.39 is 0 Å². The SMILES string of the molecule is CCc1cc(-c2cc(C(=O)N3CCC(c4ccc(C)cc4)CC3)c(C)cc2C2CCC2)n[nH]1. The number of nitrogens with zero attached hydrogens (tertiary/aromatic N) is 2. The average molecular weight is 442 g/mol. The first-order chi connectivity index (χ1) is 16.0. The molecule has 0 spiro atoms. The molecule has 1 aromatic heterocycles. The van der Waals surface area contributed by atoms with Crippen LogP contribution in [0.3, 0.4) is 0 Å². The Balaban J connectivity index is 1.38. The van der Waals surface area contributed by atoms with Crippen molar-refractivity contribution in [3.8, 4) is 11.3 Å². The van der Waals surface area contributed by atoms with Gasteiger partial charge in [0.15, 0.2) is 0 Å². The molecule has 0 unspecified atom stereocenters. The zero-order chi connectivity index (χ0) is 22.9. The van der Waals surface area contributed by atoms with Gasteiger partial charge in [-0.05, 0) is 86.6 Å². The van der Waals surface area contributed by atoms with Crippen LogP contribution in [0.4, 0.5) is 0 Å². The topological polar surface area (TPSA) is 49.0 Å². The quantitative estimate of drug-likeness (QED) is 0.488. The van der Waals surface area contributed by atoms with Crippen LogP contribution < -0.4 is 0 Å². The van der Waals surface area contributed by atoms with Gasteiger partial charge in [-0.3, -0.25) is 9.89 Å². The van der Waals surface area contributed by atoms with Crippen molar-refractivity contribution in [1.82, 2.24) is 15.1 Å². The van der Waals surface area contributed by atoms with Crippen LogP contribution >= 0.6 is 0 Å². The summed E-state index contributed by atoms with van der Waals surface area (Å²) < 4.78 is 0. The molecule has 0 radical (unpaired) electrons. The summed E-state index contributed by atoms with van der Waals surface area (Å²) in [6.07, 6.45) is 6.74. The molecule has 2 heterocycles. The van der Waals surface area contributed by atoms with Crippen LogP contribution in [0.1, 0.15) is 89.2 Å². The Morgan fingerprint density at radius 3 is 2.33 bits per heavy atom. The normalized spacial score (nSPS) is 17.2. The maximum Gasteiger partial charge on any atom is 0.254 e. The van der Waals surface area contributed by atoms with Crippen molar-refractivity contribution >= 4 is 5.91 Å². The van der Waals surface area contributed by atoms with Crippen LogP contribution in [-0.2, 0) is 6.42 Å². The molecule has 2 aromatic carbocycles. The van der Waals surface area contributed by atoms with Crippen LogP contribution in [0.25, 0.3) is 11.3 Å².